The number of allylic oxidation sites excluding steroid dienone is 1. The molecule has 0 heterocycles. The molecule has 7 rings (SSSR count). The molecule has 9 heteroatoms. The average Bonchev–Trinajstić information content (AvgIpc) is 3.30. The molecular formula is C51H41IO8. The maximum Gasteiger partial charge on any atom is 0.343 e. The number of benzene rings is 7. The van der Waals surface area contributed by atoms with Gasteiger partial charge in [0.25, 0.3) is 0 Å². The van der Waals surface area contributed by atoms with Crippen LogP contribution in [0.15, 0.2) is 176 Å². The summed E-state index contributed by atoms with van der Waals surface area (Å²) in [5.74, 6) is 0.816. The van der Waals surface area contributed by atoms with E-state index in [0.717, 1.165) is 22.3 Å². The number of carbonyl (C=O) groups excluding carboxylic acids is 2. The lowest BCUT2D eigenvalue weighted by Gasteiger charge is -2.19. The molecule has 0 amide bonds. The Morgan fingerprint density at radius 2 is 0.967 bits per heavy atom. The van der Waals surface area contributed by atoms with Gasteiger partial charge in [0.2, 0.25) is 0 Å². The molecule has 0 atom stereocenters. The molecular weight excluding hydrogens is 867 g/mol. The molecule has 60 heavy (non-hydrogen) atoms. The predicted octanol–water partition coefficient (Wildman–Crippen LogP) is 11.7. The van der Waals surface area contributed by atoms with Gasteiger partial charge < -0.3 is 28.4 Å². The Hall–Kier alpha value is -6.85. The van der Waals surface area contributed by atoms with Crippen LogP contribution in [0.25, 0.3) is 6.08 Å². The lowest BCUT2D eigenvalue weighted by molar-refractivity contribution is 0.0732. The number of rotatable bonds is 18. The fraction of sp³-hybridized carbons (Fsp3) is 0.0980. The van der Waals surface area contributed by atoms with Crippen LogP contribution in [-0.4, -0.2) is 18.9 Å². The number of esters is 1. The van der Waals surface area contributed by atoms with Crippen LogP contribution in [0.4, 0.5) is 0 Å². The monoisotopic (exact) mass is 908 g/mol. The Labute approximate surface area is 363 Å². The first-order chi connectivity index (χ1) is 29.4. The topological polar surface area (TPSA) is 89.5 Å². The number of halogens is 1. The molecule has 300 valence electrons. The Kier molecular flexibility index (Phi) is 14.3. The van der Waals surface area contributed by atoms with Crippen LogP contribution in [-0.2, 0) is 26.4 Å². The molecule has 0 aliphatic carbocycles. The fourth-order valence-corrected chi connectivity index (χ4v) is 7.06. The van der Waals surface area contributed by atoms with E-state index < -0.39 is 11.8 Å². The summed E-state index contributed by atoms with van der Waals surface area (Å²) >= 11 is 2.19. The number of hydrogen-bond donors (Lipinski definition) is 0. The van der Waals surface area contributed by atoms with E-state index in [0.29, 0.717) is 44.3 Å². The van der Waals surface area contributed by atoms with E-state index in [2.05, 4.69) is 22.6 Å². The van der Waals surface area contributed by atoms with E-state index in [1.165, 1.54) is 6.08 Å². The Balaban J connectivity index is 1.28. The van der Waals surface area contributed by atoms with Crippen molar-refractivity contribution >= 4 is 40.4 Å². The summed E-state index contributed by atoms with van der Waals surface area (Å²) in [6.45, 7) is 0.934. The van der Waals surface area contributed by atoms with Crippen molar-refractivity contribution in [2.45, 2.75) is 26.4 Å². The van der Waals surface area contributed by atoms with Gasteiger partial charge in [-0.15, -0.1) is 0 Å². The molecule has 0 aliphatic rings. The van der Waals surface area contributed by atoms with E-state index in [9.17, 15) is 9.59 Å². The van der Waals surface area contributed by atoms with Gasteiger partial charge in [-0.3, -0.25) is 4.79 Å². The molecule has 0 saturated heterocycles. The molecule has 0 spiro atoms. The highest BCUT2D eigenvalue weighted by atomic mass is 127. The molecule has 0 N–H and O–H groups in total. The van der Waals surface area contributed by atoms with Gasteiger partial charge in [-0.05, 0) is 75.2 Å². The number of ketones is 1. The molecule has 7 aromatic carbocycles. The van der Waals surface area contributed by atoms with Crippen molar-refractivity contribution < 1.29 is 38.0 Å². The van der Waals surface area contributed by atoms with Crippen molar-refractivity contribution in [2.75, 3.05) is 7.11 Å². The summed E-state index contributed by atoms with van der Waals surface area (Å²) in [6, 6.07) is 52.4. The zero-order valence-corrected chi connectivity index (χ0v) is 35.0. The molecule has 0 aromatic heterocycles. The maximum absolute atomic E-state index is 14.6. The van der Waals surface area contributed by atoms with Gasteiger partial charge in [0.05, 0.1) is 12.7 Å². The molecule has 0 radical (unpaired) electrons. The van der Waals surface area contributed by atoms with Crippen LogP contribution in [0.1, 0.15) is 48.5 Å². The van der Waals surface area contributed by atoms with Crippen LogP contribution in [0.2, 0.25) is 0 Å². The Morgan fingerprint density at radius 1 is 0.517 bits per heavy atom. The highest BCUT2D eigenvalue weighted by molar-refractivity contribution is 14.1. The van der Waals surface area contributed by atoms with Crippen LogP contribution in [0.5, 0.6) is 34.5 Å². The number of ether oxygens (including phenoxy) is 6. The largest absolute Gasteiger partial charge is 0.493 e. The minimum Gasteiger partial charge on any atom is -0.493 e. The summed E-state index contributed by atoms with van der Waals surface area (Å²) in [4.78, 5) is 28.2. The van der Waals surface area contributed by atoms with Crippen LogP contribution >= 0.6 is 22.6 Å². The fourth-order valence-electron chi connectivity index (χ4n) is 6.17. The Bertz CT molecular complexity index is 2530. The van der Waals surface area contributed by atoms with Gasteiger partial charge in [-0.25, -0.2) is 4.79 Å². The van der Waals surface area contributed by atoms with Crippen molar-refractivity contribution in [1.29, 1.82) is 0 Å². The van der Waals surface area contributed by atoms with Crippen molar-refractivity contribution in [3.8, 4) is 34.5 Å². The molecule has 8 nitrogen and oxygen atoms in total. The van der Waals surface area contributed by atoms with Crippen LogP contribution in [0.3, 0.4) is 0 Å². The van der Waals surface area contributed by atoms with E-state index in [-0.39, 0.29) is 36.9 Å². The van der Waals surface area contributed by atoms with Crippen molar-refractivity contribution in [3.63, 3.8) is 0 Å². The standard InChI is InChI=1S/C51H41IO8/c1-55-46-29-41(49(58-34-38-21-11-4-12-22-38)48(52)50(46)59-35-39-23-13-5-14-24-39)27-28-43(53)47-44(57-33-37-19-9-3-10-20-37)30-42(56-32-36-17-7-2-8-18-36)31-45(47)60-51(54)40-25-15-6-16-26-40/h2-31H,32-35H2,1H3/b28-27+. The third kappa shape index (κ3) is 11.0. The average molecular weight is 909 g/mol. The highest BCUT2D eigenvalue weighted by Gasteiger charge is 2.24. The molecule has 0 unspecified atom stereocenters. The summed E-state index contributed by atoms with van der Waals surface area (Å²) in [5, 5.41) is 0. The maximum atomic E-state index is 14.6. The zero-order chi connectivity index (χ0) is 41.5. The SMILES string of the molecule is COc1cc(/C=C/C(=O)c2c(OCc3ccccc3)cc(OCc3ccccc3)cc2OC(=O)c2ccccc2)c(OCc2ccccc2)c(I)c1OCc1ccccc1. The smallest absolute Gasteiger partial charge is 0.343 e. The van der Waals surface area contributed by atoms with Gasteiger partial charge in [0, 0.05) is 17.7 Å². The van der Waals surface area contributed by atoms with Crippen molar-refractivity contribution in [2.24, 2.45) is 0 Å². The van der Waals surface area contributed by atoms with E-state index >= 15 is 0 Å². The third-order valence-corrected chi connectivity index (χ3v) is 10.2. The van der Waals surface area contributed by atoms with Crippen LogP contribution in [0, 0.1) is 3.57 Å². The Morgan fingerprint density at radius 3 is 1.48 bits per heavy atom. The minimum absolute atomic E-state index is 0.0236. The lowest BCUT2D eigenvalue weighted by atomic mass is 10.0. The lowest BCUT2D eigenvalue weighted by Crippen LogP contribution is -2.13. The van der Waals surface area contributed by atoms with Crippen molar-refractivity contribution in [1.82, 2.24) is 0 Å². The second-order valence-electron chi connectivity index (χ2n) is 13.5. The van der Waals surface area contributed by atoms with Gasteiger partial charge in [-0.1, -0.05) is 140 Å². The molecule has 0 fully saturated rings. The zero-order valence-electron chi connectivity index (χ0n) is 32.8. The molecule has 0 aliphatic heterocycles. The highest BCUT2D eigenvalue weighted by Crippen LogP contribution is 2.43. The van der Waals surface area contributed by atoms with Gasteiger partial charge >= 0.3 is 5.97 Å². The summed E-state index contributed by atoms with van der Waals surface area (Å²) in [6.07, 6.45) is 3.05. The van der Waals surface area contributed by atoms with Gasteiger partial charge in [0.1, 0.15) is 58.6 Å². The molecule has 0 bridgehead atoms. The quantitative estimate of drug-likeness (QED) is 0.0277. The minimum atomic E-state index is -0.648. The third-order valence-electron chi connectivity index (χ3n) is 9.24. The number of methoxy groups -OCH3 is 1. The first kappa shape index (κ1) is 41.3. The van der Waals surface area contributed by atoms with E-state index in [1.54, 1.807) is 61.7 Å². The van der Waals surface area contributed by atoms with E-state index in [4.69, 9.17) is 28.4 Å². The number of hydrogen-bond acceptors (Lipinski definition) is 8. The van der Waals surface area contributed by atoms with Gasteiger partial charge in [-0.2, -0.15) is 0 Å². The van der Waals surface area contributed by atoms with Gasteiger partial charge in [0.15, 0.2) is 17.3 Å². The van der Waals surface area contributed by atoms with Crippen molar-refractivity contribution in [3.05, 3.63) is 218 Å². The first-order valence-corrected chi connectivity index (χ1v) is 20.3. The normalized spacial score (nSPS) is 10.8. The second-order valence-corrected chi connectivity index (χ2v) is 14.6. The number of carbonyl (C=O) groups is 2. The first-order valence-electron chi connectivity index (χ1n) is 19.2. The summed E-state index contributed by atoms with van der Waals surface area (Å²) < 4.78 is 37.9. The second kappa shape index (κ2) is 20.7. The van der Waals surface area contributed by atoms with E-state index in [1.807, 2.05) is 121 Å². The molecule has 0 saturated carbocycles. The summed E-state index contributed by atoms with van der Waals surface area (Å²) in [5.41, 5.74) is 4.66. The molecule has 7 aromatic rings. The van der Waals surface area contributed by atoms with Crippen LogP contribution < -0.4 is 28.4 Å². The predicted molar refractivity (Wildman–Crippen MR) is 240 cm³/mol. The summed E-state index contributed by atoms with van der Waals surface area (Å²) in [7, 11) is 1.56.